The first kappa shape index (κ1) is 16.6. The van der Waals surface area contributed by atoms with Crippen molar-refractivity contribution in [1.29, 1.82) is 0 Å². The molecule has 1 nitrogen and oxygen atoms in total. The first-order valence-electron chi connectivity index (χ1n) is 5.82. The van der Waals surface area contributed by atoms with E-state index in [1.165, 1.54) is 6.92 Å². The van der Waals surface area contributed by atoms with Gasteiger partial charge in [0.15, 0.2) is 0 Å². The highest BCUT2D eigenvalue weighted by Gasteiger charge is 2.29. The van der Waals surface area contributed by atoms with Crippen LogP contribution in [0.2, 0.25) is 10.0 Å². The van der Waals surface area contributed by atoms with Crippen LogP contribution in [0.4, 0.5) is 13.2 Å². The third-order valence-electron chi connectivity index (χ3n) is 2.75. The average molecular weight is 315 g/mol. The summed E-state index contributed by atoms with van der Waals surface area (Å²) in [5, 5.41) is 11.0. The van der Waals surface area contributed by atoms with E-state index in [1.807, 2.05) is 0 Å². The van der Waals surface area contributed by atoms with Crippen molar-refractivity contribution in [2.24, 2.45) is 0 Å². The minimum atomic E-state index is -4.19. The molecule has 1 rings (SSSR count). The number of aliphatic hydroxyl groups is 1. The maximum Gasteiger partial charge on any atom is 0.389 e. The molecule has 0 fully saturated rings. The molecule has 0 aliphatic carbocycles. The molecule has 0 aliphatic rings. The summed E-state index contributed by atoms with van der Waals surface area (Å²) in [6.07, 6.45) is -4.98. The Kier molecular flexibility index (Phi) is 5.53. The molecule has 0 saturated heterocycles. The average Bonchev–Trinajstić information content (AvgIpc) is 2.20. The number of benzene rings is 1. The number of hydrogen-bond acceptors (Lipinski definition) is 1. The van der Waals surface area contributed by atoms with Crippen LogP contribution in [0.1, 0.15) is 31.7 Å². The van der Waals surface area contributed by atoms with Crippen molar-refractivity contribution < 1.29 is 18.3 Å². The van der Waals surface area contributed by atoms with Gasteiger partial charge in [0, 0.05) is 22.9 Å². The minimum Gasteiger partial charge on any atom is -0.390 e. The Morgan fingerprint density at radius 1 is 1.16 bits per heavy atom. The number of hydrogen-bond donors (Lipinski definition) is 1. The Bertz CT molecular complexity index is 430. The molecule has 0 bridgehead atoms. The van der Waals surface area contributed by atoms with E-state index >= 15 is 0 Å². The summed E-state index contributed by atoms with van der Waals surface area (Å²) in [5.41, 5.74) is -0.606. The molecule has 0 spiro atoms. The molecule has 19 heavy (non-hydrogen) atoms. The van der Waals surface area contributed by atoms with E-state index in [0.717, 1.165) is 0 Å². The summed E-state index contributed by atoms with van der Waals surface area (Å²) in [4.78, 5) is 0. The fourth-order valence-corrected chi connectivity index (χ4v) is 2.23. The van der Waals surface area contributed by atoms with Gasteiger partial charge in [0.25, 0.3) is 0 Å². The first-order chi connectivity index (χ1) is 8.59. The van der Waals surface area contributed by atoms with Crippen LogP contribution in [-0.4, -0.2) is 16.9 Å². The molecule has 1 atom stereocenters. The zero-order chi connectivity index (χ0) is 14.7. The van der Waals surface area contributed by atoms with Crippen molar-refractivity contribution in [3.8, 4) is 0 Å². The van der Waals surface area contributed by atoms with Crippen molar-refractivity contribution in [3.63, 3.8) is 0 Å². The lowest BCUT2D eigenvalue weighted by molar-refractivity contribution is -0.137. The van der Waals surface area contributed by atoms with Crippen LogP contribution in [-0.2, 0) is 6.42 Å². The Morgan fingerprint density at radius 3 is 2.37 bits per heavy atom. The third kappa shape index (κ3) is 6.50. The Balaban J connectivity index is 2.61. The molecule has 0 aliphatic heterocycles. The normalized spacial score (nSPS) is 15.3. The van der Waals surface area contributed by atoms with E-state index in [4.69, 9.17) is 23.2 Å². The van der Waals surface area contributed by atoms with E-state index in [9.17, 15) is 18.3 Å². The lowest BCUT2D eigenvalue weighted by Crippen LogP contribution is -2.27. The summed E-state index contributed by atoms with van der Waals surface area (Å²) in [6, 6.07) is 4.83. The van der Waals surface area contributed by atoms with Gasteiger partial charge in [-0.05, 0) is 43.5 Å². The van der Waals surface area contributed by atoms with Crippen molar-refractivity contribution in [1.82, 2.24) is 0 Å². The predicted molar refractivity (Wildman–Crippen MR) is 70.7 cm³/mol. The van der Waals surface area contributed by atoms with E-state index < -0.39 is 18.2 Å². The summed E-state index contributed by atoms with van der Waals surface area (Å²) in [5.74, 6) is 0. The monoisotopic (exact) mass is 314 g/mol. The first-order valence-corrected chi connectivity index (χ1v) is 6.58. The maximum atomic E-state index is 12.1. The lowest BCUT2D eigenvalue weighted by atomic mass is 9.91. The molecule has 1 aromatic carbocycles. The van der Waals surface area contributed by atoms with E-state index in [-0.39, 0.29) is 19.3 Å². The molecule has 1 unspecified atom stereocenters. The van der Waals surface area contributed by atoms with Crippen LogP contribution in [0, 0.1) is 0 Å². The summed E-state index contributed by atoms with van der Waals surface area (Å²) in [6.45, 7) is 1.50. The van der Waals surface area contributed by atoms with Gasteiger partial charge in [-0.25, -0.2) is 0 Å². The van der Waals surface area contributed by atoms with E-state index in [0.29, 0.717) is 15.6 Å². The number of rotatable bonds is 5. The van der Waals surface area contributed by atoms with E-state index in [1.54, 1.807) is 18.2 Å². The highest BCUT2D eigenvalue weighted by atomic mass is 35.5. The lowest BCUT2D eigenvalue weighted by Gasteiger charge is -2.24. The van der Waals surface area contributed by atoms with Crippen molar-refractivity contribution in [2.75, 3.05) is 0 Å². The smallest absolute Gasteiger partial charge is 0.389 e. The molecule has 0 amide bonds. The zero-order valence-corrected chi connectivity index (χ0v) is 11.9. The highest BCUT2D eigenvalue weighted by molar-refractivity contribution is 6.33. The molecule has 6 heteroatoms. The summed E-state index contributed by atoms with van der Waals surface area (Å²) < 4.78 is 36.2. The minimum absolute atomic E-state index is 0.0509. The molecular formula is C13H15Cl2F3O. The number of alkyl halides is 3. The maximum absolute atomic E-state index is 12.1. The van der Waals surface area contributed by atoms with Crippen LogP contribution >= 0.6 is 23.2 Å². The SMILES string of the molecule is CC(O)(CCCC(F)(F)F)Cc1cc(Cl)ccc1Cl. The Labute approximate surface area is 120 Å². The van der Waals surface area contributed by atoms with Gasteiger partial charge in [0.2, 0.25) is 0 Å². The van der Waals surface area contributed by atoms with Crippen LogP contribution in [0.15, 0.2) is 18.2 Å². The van der Waals surface area contributed by atoms with Gasteiger partial charge >= 0.3 is 6.18 Å². The van der Waals surface area contributed by atoms with Crippen molar-refractivity contribution in [2.45, 2.75) is 44.4 Å². The largest absolute Gasteiger partial charge is 0.390 e. The predicted octanol–water partition coefficient (Wildman–Crippen LogP) is 5.02. The van der Waals surface area contributed by atoms with Crippen LogP contribution in [0.25, 0.3) is 0 Å². The van der Waals surface area contributed by atoms with Gasteiger partial charge in [0.05, 0.1) is 5.60 Å². The van der Waals surface area contributed by atoms with Gasteiger partial charge in [-0.15, -0.1) is 0 Å². The van der Waals surface area contributed by atoms with Gasteiger partial charge in [0.1, 0.15) is 0 Å². The Hall–Kier alpha value is -0.450. The topological polar surface area (TPSA) is 20.2 Å². The third-order valence-corrected chi connectivity index (χ3v) is 3.36. The van der Waals surface area contributed by atoms with Gasteiger partial charge in [-0.2, -0.15) is 13.2 Å². The number of halogens is 5. The second-order valence-electron chi connectivity index (χ2n) is 4.88. The molecule has 108 valence electrons. The zero-order valence-electron chi connectivity index (χ0n) is 10.4. The molecular weight excluding hydrogens is 300 g/mol. The second-order valence-corrected chi connectivity index (χ2v) is 5.72. The quantitative estimate of drug-likeness (QED) is 0.809. The van der Waals surface area contributed by atoms with Gasteiger partial charge in [-0.1, -0.05) is 23.2 Å². The molecule has 1 aromatic rings. The fraction of sp³-hybridized carbons (Fsp3) is 0.538. The van der Waals surface area contributed by atoms with Crippen molar-refractivity contribution >= 4 is 23.2 Å². The molecule has 1 N–H and O–H groups in total. The van der Waals surface area contributed by atoms with Crippen LogP contribution in [0.3, 0.4) is 0 Å². The summed E-state index contributed by atoms with van der Waals surface area (Å²) in [7, 11) is 0. The fourth-order valence-electron chi connectivity index (χ4n) is 1.85. The van der Waals surface area contributed by atoms with Gasteiger partial charge in [-0.3, -0.25) is 0 Å². The Morgan fingerprint density at radius 2 is 1.79 bits per heavy atom. The van der Waals surface area contributed by atoms with Crippen molar-refractivity contribution in [3.05, 3.63) is 33.8 Å². The summed E-state index contributed by atoms with van der Waals surface area (Å²) >= 11 is 11.8. The van der Waals surface area contributed by atoms with Gasteiger partial charge < -0.3 is 5.11 Å². The van der Waals surface area contributed by atoms with E-state index in [2.05, 4.69) is 0 Å². The highest BCUT2D eigenvalue weighted by Crippen LogP contribution is 2.29. The van der Waals surface area contributed by atoms with Crippen LogP contribution < -0.4 is 0 Å². The molecule has 0 aromatic heterocycles. The molecule has 0 radical (unpaired) electrons. The molecule has 0 heterocycles. The van der Waals surface area contributed by atoms with Crippen LogP contribution in [0.5, 0.6) is 0 Å². The molecule has 0 saturated carbocycles. The standard InChI is InChI=1S/C13H15Cl2F3O/c1-12(19,5-2-6-13(16,17)18)8-9-7-10(14)3-4-11(9)15/h3-4,7,19H,2,5-6,8H2,1H3. The second kappa shape index (κ2) is 6.33.